The number of carbonyl (C=O) groups is 1. The number of rotatable bonds is 7. The van der Waals surface area contributed by atoms with E-state index < -0.39 is 10.0 Å². The molecular weight excluding hydrogens is 356 g/mol. The Balaban J connectivity index is 1.61. The number of aromatic amines is 1. The van der Waals surface area contributed by atoms with E-state index in [-0.39, 0.29) is 10.8 Å². The van der Waals surface area contributed by atoms with E-state index in [1.165, 1.54) is 12.1 Å². The zero-order valence-corrected chi connectivity index (χ0v) is 15.2. The number of aryl methyl sites for hydroxylation is 1. The summed E-state index contributed by atoms with van der Waals surface area (Å²) in [5.41, 5.74) is 0.366. The first-order valence-electron chi connectivity index (χ1n) is 8.51. The number of nitrogens with one attached hydrogen (secondary N) is 2. The van der Waals surface area contributed by atoms with Crippen molar-refractivity contribution in [2.24, 2.45) is 0 Å². The van der Waals surface area contributed by atoms with Gasteiger partial charge in [-0.25, -0.2) is 18.1 Å². The van der Waals surface area contributed by atoms with Gasteiger partial charge in [0, 0.05) is 44.0 Å². The molecule has 1 aliphatic rings. The van der Waals surface area contributed by atoms with Crippen molar-refractivity contribution in [1.82, 2.24) is 19.6 Å². The number of aromatic nitrogens is 2. The second-order valence-corrected chi connectivity index (χ2v) is 7.74. The fourth-order valence-corrected chi connectivity index (χ4v) is 3.85. The number of carbonyl (C=O) groups excluding carboxylic acids is 1. The van der Waals surface area contributed by atoms with Crippen LogP contribution in [0.15, 0.2) is 41.6 Å². The van der Waals surface area contributed by atoms with Crippen LogP contribution in [0.5, 0.6) is 0 Å². The predicted octanol–water partition coefficient (Wildman–Crippen LogP) is 0.793. The van der Waals surface area contributed by atoms with Crippen LogP contribution in [0.4, 0.5) is 0 Å². The van der Waals surface area contributed by atoms with E-state index in [1.807, 2.05) is 0 Å². The molecule has 3 rings (SSSR count). The van der Waals surface area contributed by atoms with E-state index in [0.29, 0.717) is 51.3 Å². The summed E-state index contributed by atoms with van der Waals surface area (Å²) in [5, 5.41) is 0. The zero-order valence-electron chi connectivity index (χ0n) is 14.3. The molecule has 8 nitrogen and oxygen atoms in total. The number of imidazole rings is 1. The molecule has 0 unspecified atom stereocenters. The van der Waals surface area contributed by atoms with Crippen LogP contribution >= 0.6 is 0 Å². The molecule has 1 aromatic carbocycles. The Morgan fingerprint density at radius 2 is 2.12 bits per heavy atom. The lowest BCUT2D eigenvalue weighted by molar-refractivity contribution is 0.0302. The van der Waals surface area contributed by atoms with Crippen molar-refractivity contribution in [3.8, 4) is 0 Å². The molecule has 0 radical (unpaired) electrons. The number of morpholine rings is 1. The van der Waals surface area contributed by atoms with Crippen molar-refractivity contribution in [2.45, 2.75) is 17.7 Å². The number of hydrogen-bond acceptors (Lipinski definition) is 5. The van der Waals surface area contributed by atoms with Crippen molar-refractivity contribution >= 4 is 15.9 Å². The third kappa shape index (κ3) is 4.69. The molecule has 0 bridgehead atoms. The number of nitrogens with zero attached hydrogens (tertiary/aromatic N) is 2. The molecule has 1 fully saturated rings. The topological polar surface area (TPSA) is 104 Å². The summed E-state index contributed by atoms with van der Waals surface area (Å²) in [6, 6.07) is 6.14. The maximum atomic E-state index is 12.5. The first-order valence-corrected chi connectivity index (χ1v) is 9.99. The molecule has 2 heterocycles. The van der Waals surface area contributed by atoms with Gasteiger partial charge in [-0.2, -0.15) is 0 Å². The normalized spacial score (nSPS) is 15.2. The molecule has 0 spiro atoms. The van der Waals surface area contributed by atoms with E-state index in [0.717, 1.165) is 5.82 Å². The molecule has 0 saturated carbocycles. The lowest BCUT2D eigenvalue weighted by atomic mass is 10.2. The highest BCUT2D eigenvalue weighted by Gasteiger charge is 2.21. The molecular formula is C17H22N4O4S. The summed E-state index contributed by atoms with van der Waals surface area (Å²) < 4.78 is 32.7. The summed E-state index contributed by atoms with van der Waals surface area (Å²) in [6.07, 6.45) is 4.68. The minimum atomic E-state index is -3.66. The Labute approximate surface area is 152 Å². The number of sulfonamides is 1. The van der Waals surface area contributed by atoms with Crippen LogP contribution in [0.1, 0.15) is 22.6 Å². The summed E-state index contributed by atoms with van der Waals surface area (Å²) >= 11 is 0. The van der Waals surface area contributed by atoms with Crippen LogP contribution in [-0.2, 0) is 21.2 Å². The second kappa shape index (κ2) is 8.43. The van der Waals surface area contributed by atoms with Crippen LogP contribution in [0.25, 0.3) is 0 Å². The smallest absolute Gasteiger partial charge is 0.254 e. The molecule has 0 atom stereocenters. The van der Waals surface area contributed by atoms with Crippen molar-refractivity contribution < 1.29 is 17.9 Å². The second-order valence-electron chi connectivity index (χ2n) is 5.97. The fourth-order valence-electron chi connectivity index (χ4n) is 2.73. The Hall–Kier alpha value is -2.23. The lowest BCUT2D eigenvalue weighted by Gasteiger charge is -2.27. The highest BCUT2D eigenvalue weighted by molar-refractivity contribution is 7.89. The molecule has 140 valence electrons. The van der Waals surface area contributed by atoms with E-state index >= 15 is 0 Å². The van der Waals surface area contributed by atoms with Gasteiger partial charge in [0.05, 0.1) is 18.1 Å². The van der Waals surface area contributed by atoms with E-state index in [2.05, 4.69) is 14.7 Å². The van der Waals surface area contributed by atoms with Crippen LogP contribution < -0.4 is 4.72 Å². The van der Waals surface area contributed by atoms with Crippen molar-refractivity contribution in [2.75, 3.05) is 32.8 Å². The Morgan fingerprint density at radius 3 is 2.85 bits per heavy atom. The first-order chi connectivity index (χ1) is 12.6. The summed E-state index contributed by atoms with van der Waals surface area (Å²) in [4.78, 5) is 21.4. The first kappa shape index (κ1) is 18.6. The number of hydrogen-bond donors (Lipinski definition) is 2. The van der Waals surface area contributed by atoms with Gasteiger partial charge in [0.2, 0.25) is 10.0 Å². The third-order valence-electron chi connectivity index (χ3n) is 4.13. The van der Waals surface area contributed by atoms with Gasteiger partial charge < -0.3 is 14.6 Å². The maximum Gasteiger partial charge on any atom is 0.254 e. The average Bonchev–Trinajstić information content (AvgIpc) is 3.19. The highest BCUT2D eigenvalue weighted by Crippen LogP contribution is 2.14. The monoisotopic (exact) mass is 378 g/mol. The molecule has 1 aromatic heterocycles. The van der Waals surface area contributed by atoms with Gasteiger partial charge in [-0.3, -0.25) is 4.79 Å². The third-order valence-corrected chi connectivity index (χ3v) is 5.59. The van der Waals surface area contributed by atoms with Crippen LogP contribution in [0.2, 0.25) is 0 Å². The minimum absolute atomic E-state index is 0.0922. The van der Waals surface area contributed by atoms with Crippen molar-refractivity contribution in [3.63, 3.8) is 0 Å². The van der Waals surface area contributed by atoms with Gasteiger partial charge in [-0.1, -0.05) is 6.07 Å². The molecule has 2 N–H and O–H groups in total. The van der Waals surface area contributed by atoms with Gasteiger partial charge >= 0.3 is 0 Å². The van der Waals surface area contributed by atoms with Crippen LogP contribution in [0.3, 0.4) is 0 Å². The van der Waals surface area contributed by atoms with Crippen LogP contribution in [0, 0.1) is 0 Å². The molecule has 1 saturated heterocycles. The quantitative estimate of drug-likeness (QED) is 0.693. The van der Waals surface area contributed by atoms with Gasteiger partial charge in [0.15, 0.2) is 0 Å². The van der Waals surface area contributed by atoms with E-state index in [9.17, 15) is 13.2 Å². The Morgan fingerprint density at radius 1 is 1.31 bits per heavy atom. The maximum absolute atomic E-state index is 12.5. The number of ether oxygens (including phenoxy) is 1. The standard InChI is InChI=1S/C17H22N4O4S/c22-17(21-9-11-25-12-10-21)14-3-1-4-15(13-14)26(23,24)20-6-2-5-16-18-7-8-19-16/h1,3-4,7-8,13,20H,2,5-6,9-12H2,(H,18,19). The zero-order chi connectivity index (χ0) is 18.4. The number of amides is 1. The summed E-state index contributed by atoms with van der Waals surface area (Å²) in [7, 11) is -3.66. The molecule has 1 amide bonds. The molecule has 9 heteroatoms. The fraction of sp³-hybridized carbons (Fsp3) is 0.412. The van der Waals surface area contributed by atoms with Crippen LogP contribution in [-0.4, -0.2) is 62.0 Å². The summed E-state index contributed by atoms with van der Waals surface area (Å²) in [6.45, 7) is 2.33. The van der Waals surface area contributed by atoms with E-state index in [4.69, 9.17) is 4.74 Å². The van der Waals surface area contributed by atoms with Crippen molar-refractivity contribution in [1.29, 1.82) is 0 Å². The number of benzene rings is 1. The largest absolute Gasteiger partial charge is 0.378 e. The SMILES string of the molecule is O=C(c1cccc(S(=O)(=O)NCCCc2ncc[nH]2)c1)N1CCOCC1. The highest BCUT2D eigenvalue weighted by atomic mass is 32.2. The Kier molecular flexibility index (Phi) is 6.02. The van der Waals surface area contributed by atoms with Gasteiger partial charge in [-0.05, 0) is 24.6 Å². The number of H-pyrrole nitrogens is 1. The molecule has 2 aromatic rings. The molecule has 1 aliphatic heterocycles. The molecule has 26 heavy (non-hydrogen) atoms. The Bertz CT molecular complexity index is 830. The minimum Gasteiger partial charge on any atom is -0.378 e. The lowest BCUT2D eigenvalue weighted by Crippen LogP contribution is -2.40. The predicted molar refractivity (Wildman–Crippen MR) is 95.3 cm³/mol. The molecule has 0 aliphatic carbocycles. The van der Waals surface area contributed by atoms with Gasteiger partial charge in [-0.15, -0.1) is 0 Å². The average molecular weight is 378 g/mol. The van der Waals surface area contributed by atoms with Crippen molar-refractivity contribution in [3.05, 3.63) is 48.0 Å². The van der Waals surface area contributed by atoms with Gasteiger partial charge in [0.1, 0.15) is 5.82 Å². The van der Waals surface area contributed by atoms with Gasteiger partial charge in [0.25, 0.3) is 5.91 Å². The van der Waals surface area contributed by atoms with E-state index in [1.54, 1.807) is 29.4 Å². The summed E-state index contributed by atoms with van der Waals surface area (Å²) in [5.74, 6) is 0.644.